The van der Waals surface area contributed by atoms with Crippen molar-refractivity contribution in [3.8, 4) is 5.75 Å². The van der Waals surface area contributed by atoms with Crippen LogP contribution in [0.25, 0.3) is 0 Å². The summed E-state index contributed by atoms with van der Waals surface area (Å²) in [6.07, 6.45) is 2.22. The molecular weight excluding hydrogens is 240 g/mol. The van der Waals surface area contributed by atoms with E-state index in [4.69, 9.17) is 10.5 Å². The van der Waals surface area contributed by atoms with Crippen molar-refractivity contribution >= 4 is 5.91 Å². The highest BCUT2D eigenvalue weighted by Gasteiger charge is 2.04. The van der Waals surface area contributed by atoms with Crippen LogP contribution in [0.1, 0.15) is 26.2 Å². The van der Waals surface area contributed by atoms with Gasteiger partial charge in [-0.2, -0.15) is 0 Å². The number of benzene rings is 1. The standard InChI is InChI=1S/C15H24N2O2/c1-13(12-16)8-9-15(18)17-10-5-11-19-14-6-3-2-4-7-14/h2-4,6-7,13H,5,8-12,16H2,1H3,(H,17,18). The van der Waals surface area contributed by atoms with E-state index in [1.54, 1.807) is 0 Å². The van der Waals surface area contributed by atoms with Gasteiger partial charge in [-0.1, -0.05) is 25.1 Å². The zero-order valence-electron chi connectivity index (χ0n) is 11.6. The van der Waals surface area contributed by atoms with Crippen LogP contribution in [0.4, 0.5) is 0 Å². The number of nitrogens with one attached hydrogen (secondary N) is 1. The molecule has 0 radical (unpaired) electrons. The summed E-state index contributed by atoms with van der Waals surface area (Å²) in [5.74, 6) is 1.37. The van der Waals surface area contributed by atoms with Gasteiger partial charge in [-0.25, -0.2) is 0 Å². The predicted octanol–water partition coefficient (Wildman–Crippen LogP) is 1.95. The molecule has 1 aromatic rings. The minimum Gasteiger partial charge on any atom is -0.494 e. The Morgan fingerprint density at radius 2 is 2.11 bits per heavy atom. The van der Waals surface area contributed by atoms with E-state index in [2.05, 4.69) is 12.2 Å². The normalized spacial score (nSPS) is 11.9. The maximum absolute atomic E-state index is 11.5. The molecule has 0 saturated carbocycles. The fourth-order valence-corrected chi connectivity index (χ4v) is 1.59. The van der Waals surface area contributed by atoms with Gasteiger partial charge in [0.25, 0.3) is 0 Å². The Labute approximate surface area is 115 Å². The van der Waals surface area contributed by atoms with Gasteiger partial charge in [0.15, 0.2) is 0 Å². The quantitative estimate of drug-likeness (QED) is 0.670. The minimum atomic E-state index is 0.0972. The van der Waals surface area contributed by atoms with Crippen molar-refractivity contribution in [3.63, 3.8) is 0 Å². The third-order valence-electron chi connectivity index (χ3n) is 2.92. The summed E-state index contributed by atoms with van der Waals surface area (Å²) >= 11 is 0. The summed E-state index contributed by atoms with van der Waals surface area (Å²) in [7, 11) is 0. The van der Waals surface area contributed by atoms with Gasteiger partial charge in [0, 0.05) is 13.0 Å². The first-order valence-corrected chi connectivity index (χ1v) is 6.87. The zero-order valence-corrected chi connectivity index (χ0v) is 11.6. The summed E-state index contributed by atoms with van der Waals surface area (Å²) in [4.78, 5) is 11.5. The Hall–Kier alpha value is -1.55. The Morgan fingerprint density at radius 1 is 1.37 bits per heavy atom. The van der Waals surface area contributed by atoms with Crippen molar-refractivity contribution in [1.82, 2.24) is 5.32 Å². The van der Waals surface area contributed by atoms with Crippen molar-refractivity contribution < 1.29 is 9.53 Å². The Bertz CT molecular complexity index is 354. The number of hydrogen-bond donors (Lipinski definition) is 2. The van der Waals surface area contributed by atoms with Gasteiger partial charge in [0.1, 0.15) is 5.75 Å². The third-order valence-corrected chi connectivity index (χ3v) is 2.92. The van der Waals surface area contributed by atoms with Crippen LogP contribution in [0.5, 0.6) is 5.75 Å². The number of nitrogens with two attached hydrogens (primary N) is 1. The van der Waals surface area contributed by atoms with E-state index >= 15 is 0 Å². The molecule has 106 valence electrons. The molecule has 0 saturated heterocycles. The van der Waals surface area contributed by atoms with Crippen LogP contribution in [0.3, 0.4) is 0 Å². The molecule has 3 N–H and O–H groups in total. The van der Waals surface area contributed by atoms with Crippen molar-refractivity contribution in [2.24, 2.45) is 11.7 Å². The van der Waals surface area contributed by atoms with Crippen molar-refractivity contribution in [1.29, 1.82) is 0 Å². The van der Waals surface area contributed by atoms with Crippen LogP contribution < -0.4 is 15.8 Å². The van der Waals surface area contributed by atoms with Crippen LogP contribution >= 0.6 is 0 Å². The summed E-state index contributed by atoms with van der Waals surface area (Å²) in [5.41, 5.74) is 5.50. The average Bonchev–Trinajstić information content (AvgIpc) is 2.45. The first-order chi connectivity index (χ1) is 9.22. The molecule has 0 bridgehead atoms. The molecule has 1 aromatic carbocycles. The zero-order chi connectivity index (χ0) is 13.9. The molecule has 1 unspecified atom stereocenters. The molecule has 4 nitrogen and oxygen atoms in total. The summed E-state index contributed by atoms with van der Waals surface area (Å²) in [5, 5.41) is 2.89. The van der Waals surface area contributed by atoms with Gasteiger partial charge in [0.2, 0.25) is 5.91 Å². The van der Waals surface area contributed by atoms with Gasteiger partial charge >= 0.3 is 0 Å². The van der Waals surface area contributed by atoms with Crippen LogP contribution in [0, 0.1) is 5.92 Å². The predicted molar refractivity (Wildman–Crippen MR) is 77.0 cm³/mol. The average molecular weight is 264 g/mol. The molecule has 19 heavy (non-hydrogen) atoms. The lowest BCUT2D eigenvalue weighted by Crippen LogP contribution is -2.26. The van der Waals surface area contributed by atoms with Crippen LogP contribution in [0.2, 0.25) is 0 Å². The van der Waals surface area contributed by atoms with Crippen molar-refractivity contribution in [2.75, 3.05) is 19.7 Å². The second-order valence-electron chi connectivity index (χ2n) is 4.74. The number of rotatable bonds is 9. The van der Waals surface area contributed by atoms with Crippen LogP contribution in [0.15, 0.2) is 30.3 Å². The number of ether oxygens (including phenoxy) is 1. The van der Waals surface area contributed by atoms with E-state index in [0.717, 1.165) is 18.6 Å². The number of carbonyl (C=O) groups excluding carboxylic acids is 1. The molecule has 1 atom stereocenters. The van der Waals surface area contributed by atoms with E-state index in [-0.39, 0.29) is 5.91 Å². The summed E-state index contributed by atoms with van der Waals surface area (Å²) in [6.45, 7) is 3.96. The molecule has 0 aliphatic rings. The Morgan fingerprint density at radius 3 is 2.79 bits per heavy atom. The van der Waals surface area contributed by atoms with Gasteiger partial charge in [-0.15, -0.1) is 0 Å². The molecular formula is C15H24N2O2. The molecule has 1 rings (SSSR count). The van der Waals surface area contributed by atoms with E-state index in [0.29, 0.717) is 32.0 Å². The fraction of sp³-hybridized carbons (Fsp3) is 0.533. The smallest absolute Gasteiger partial charge is 0.220 e. The number of amides is 1. The highest BCUT2D eigenvalue weighted by atomic mass is 16.5. The molecule has 0 spiro atoms. The van der Waals surface area contributed by atoms with Gasteiger partial charge in [-0.3, -0.25) is 4.79 Å². The second-order valence-corrected chi connectivity index (χ2v) is 4.74. The second kappa shape index (κ2) is 9.39. The van der Waals surface area contributed by atoms with Crippen LogP contribution in [-0.4, -0.2) is 25.6 Å². The monoisotopic (exact) mass is 264 g/mol. The molecule has 0 aromatic heterocycles. The maximum atomic E-state index is 11.5. The van der Waals surface area contributed by atoms with Gasteiger partial charge < -0.3 is 15.8 Å². The largest absolute Gasteiger partial charge is 0.494 e. The SMILES string of the molecule is CC(CN)CCC(=O)NCCCOc1ccccc1. The molecule has 4 heteroatoms. The lowest BCUT2D eigenvalue weighted by molar-refractivity contribution is -0.121. The number of hydrogen-bond acceptors (Lipinski definition) is 3. The topological polar surface area (TPSA) is 64.4 Å². The van der Waals surface area contributed by atoms with Crippen molar-refractivity contribution in [2.45, 2.75) is 26.2 Å². The highest BCUT2D eigenvalue weighted by Crippen LogP contribution is 2.08. The van der Waals surface area contributed by atoms with E-state index < -0.39 is 0 Å². The minimum absolute atomic E-state index is 0.0972. The molecule has 0 fully saturated rings. The number of carbonyl (C=O) groups is 1. The molecule has 0 aliphatic heterocycles. The van der Waals surface area contributed by atoms with E-state index in [9.17, 15) is 4.79 Å². The van der Waals surface area contributed by atoms with Gasteiger partial charge in [0.05, 0.1) is 6.61 Å². The number of para-hydroxylation sites is 1. The van der Waals surface area contributed by atoms with E-state index in [1.165, 1.54) is 0 Å². The van der Waals surface area contributed by atoms with Crippen LogP contribution in [-0.2, 0) is 4.79 Å². The van der Waals surface area contributed by atoms with Gasteiger partial charge in [-0.05, 0) is 37.4 Å². The lowest BCUT2D eigenvalue weighted by atomic mass is 10.1. The third kappa shape index (κ3) is 7.47. The summed E-state index contributed by atoms with van der Waals surface area (Å²) < 4.78 is 5.54. The molecule has 1 amide bonds. The molecule has 0 heterocycles. The first kappa shape index (κ1) is 15.5. The first-order valence-electron chi connectivity index (χ1n) is 6.87. The summed E-state index contributed by atoms with van der Waals surface area (Å²) in [6, 6.07) is 9.68. The Kier molecular flexibility index (Phi) is 7.66. The lowest BCUT2D eigenvalue weighted by Gasteiger charge is -2.09. The molecule has 0 aliphatic carbocycles. The maximum Gasteiger partial charge on any atom is 0.220 e. The van der Waals surface area contributed by atoms with E-state index in [1.807, 2.05) is 30.3 Å². The van der Waals surface area contributed by atoms with Crippen molar-refractivity contribution in [3.05, 3.63) is 30.3 Å². The Balaban J connectivity index is 2.00. The fourth-order valence-electron chi connectivity index (χ4n) is 1.59. The highest BCUT2D eigenvalue weighted by molar-refractivity contribution is 5.75.